The molecule has 2 atom stereocenters. The molecule has 0 aromatic heterocycles. The van der Waals surface area contributed by atoms with Gasteiger partial charge < -0.3 is 10.1 Å². The Labute approximate surface area is 107 Å². The third kappa shape index (κ3) is 2.85. The van der Waals surface area contributed by atoms with Crippen LogP contribution in [-0.4, -0.2) is 24.3 Å². The molecule has 1 N–H and O–H groups in total. The van der Waals surface area contributed by atoms with Gasteiger partial charge in [-0.2, -0.15) is 0 Å². The van der Waals surface area contributed by atoms with Crippen molar-refractivity contribution >= 4 is 0 Å². The minimum atomic E-state index is 0.103. The highest BCUT2D eigenvalue weighted by Crippen LogP contribution is 2.39. The summed E-state index contributed by atoms with van der Waals surface area (Å²) in [6.45, 7) is 9.04. The predicted molar refractivity (Wildman–Crippen MR) is 72.2 cm³/mol. The van der Waals surface area contributed by atoms with E-state index < -0.39 is 0 Å². The first kappa shape index (κ1) is 13.4. The van der Waals surface area contributed by atoms with E-state index in [0.717, 1.165) is 31.8 Å². The highest BCUT2D eigenvalue weighted by Gasteiger charge is 2.44. The van der Waals surface area contributed by atoms with E-state index in [1.807, 2.05) is 0 Å². The van der Waals surface area contributed by atoms with Crippen LogP contribution in [0.25, 0.3) is 0 Å². The van der Waals surface area contributed by atoms with Gasteiger partial charge in [0.05, 0.1) is 11.2 Å². The minimum Gasteiger partial charge on any atom is -0.366 e. The van der Waals surface area contributed by atoms with Crippen molar-refractivity contribution in [3.63, 3.8) is 0 Å². The summed E-state index contributed by atoms with van der Waals surface area (Å²) < 4.78 is 6.67. The second kappa shape index (κ2) is 5.27. The molecule has 1 aliphatic heterocycles. The van der Waals surface area contributed by atoms with Crippen molar-refractivity contribution < 1.29 is 4.74 Å². The van der Waals surface area contributed by atoms with E-state index in [2.05, 4.69) is 26.1 Å². The SMILES string of the molecule is CCC1(CC)CNCC2(CCCC(C)CC2)O1. The molecule has 1 saturated carbocycles. The maximum atomic E-state index is 6.67. The Morgan fingerprint density at radius 3 is 2.59 bits per heavy atom. The van der Waals surface area contributed by atoms with Crippen molar-refractivity contribution in [3.8, 4) is 0 Å². The smallest absolute Gasteiger partial charge is 0.0814 e. The number of rotatable bonds is 2. The first-order valence-electron chi connectivity index (χ1n) is 7.54. The third-order valence-corrected chi connectivity index (χ3v) is 5.04. The van der Waals surface area contributed by atoms with Crippen molar-refractivity contribution in [2.45, 2.75) is 76.9 Å². The van der Waals surface area contributed by atoms with Gasteiger partial charge in [0.15, 0.2) is 0 Å². The number of morpholine rings is 1. The molecule has 1 saturated heterocycles. The third-order valence-electron chi connectivity index (χ3n) is 5.04. The van der Waals surface area contributed by atoms with Crippen molar-refractivity contribution in [1.82, 2.24) is 5.32 Å². The van der Waals surface area contributed by atoms with E-state index in [1.165, 1.54) is 32.1 Å². The Bertz CT molecular complexity index is 249. The van der Waals surface area contributed by atoms with Crippen LogP contribution in [0.3, 0.4) is 0 Å². The summed E-state index contributed by atoms with van der Waals surface area (Å²) in [4.78, 5) is 0. The number of ether oxygens (including phenoxy) is 1. The van der Waals surface area contributed by atoms with Crippen molar-refractivity contribution in [3.05, 3.63) is 0 Å². The standard InChI is InChI=1S/C15H29NO/c1-4-14(5-2)11-16-12-15(17-14)9-6-7-13(3)8-10-15/h13,16H,4-12H2,1-3H3. The number of nitrogens with one attached hydrogen (secondary N) is 1. The molecule has 2 heteroatoms. The molecule has 17 heavy (non-hydrogen) atoms. The van der Waals surface area contributed by atoms with Crippen molar-refractivity contribution in [2.24, 2.45) is 5.92 Å². The minimum absolute atomic E-state index is 0.103. The fourth-order valence-electron chi connectivity index (χ4n) is 3.52. The van der Waals surface area contributed by atoms with Gasteiger partial charge in [-0.05, 0) is 38.0 Å². The lowest BCUT2D eigenvalue weighted by Gasteiger charge is -2.48. The molecule has 2 fully saturated rings. The maximum absolute atomic E-state index is 6.67. The lowest BCUT2D eigenvalue weighted by atomic mass is 9.86. The first-order chi connectivity index (χ1) is 8.14. The fraction of sp³-hybridized carbons (Fsp3) is 1.00. The van der Waals surface area contributed by atoms with Crippen LogP contribution in [0.1, 0.15) is 65.7 Å². The molecule has 0 radical (unpaired) electrons. The molecule has 0 aromatic carbocycles. The fourth-order valence-corrected chi connectivity index (χ4v) is 3.52. The normalized spacial score (nSPS) is 37.9. The summed E-state index contributed by atoms with van der Waals surface area (Å²) >= 11 is 0. The van der Waals surface area contributed by atoms with Gasteiger partial charge in [0.25, 0.3) is 0 Å². The second-order valence-electron chi connectivity index (χ2n) is 6.31. The highest BCUT2D eigenvalue weighted by molar-refractivity contribution is 4.96. The Hall–Kier alpha value is -0.0800. The van der Waals surface area contributed by atoms with Crippen LogP contribution in [0.5, 0.6) is 0 Å². The molecule has 1 spiro atoms. The largest absolute Gasteiger partial charge is 0.366 e. The molecule has 0 aromatic rings. The van der Waals surface area contributed by atoms with E-state index in [4.69, 9.17) is 4.74 Å². The summed E-state index contributed by atoms with van der Waals surface area (Å²) in [6.07, 6.45) is 8.84. The summed E-state index contributed by atoms with van der Waals surface area (Å²) in [6, 6.07) is 0. The van der Waals surface area contributed by atoms with Gasteiger partial charge in [-0.3, -0.25) is 0 Å². The average Bonchev–Trinajstić information content (AvgIpc) is 2.52. The lowest BCUT2D eigenvalue weighted by molar-refractivity contribution is -0.187. The summed E-state index contributed by atoms with van der Waals surface area (Å²) in [5, 5.41) is 3.66. The Morgan fingerprint density at radius 2 is 1.88 bits per heavy atom. The molecule has 1 aliphatic carbocycles. The van der Waals surface area contributed by atoms with Crippen LogP contribution >= 0.6 is 0 Å². The van der Waals surface area contributed by atoms with Gasteiger partial charge in [0.1, 0.15) is 0 Å². The van der Waals surface area contributed by atoms with Crippen LogP contribution in [0.2, 0.25) is 0 Å². The molecule has 100 valence electrons. The van der Waals surface area contributed by atoms with E-state index in [9.17, 15) is 0 Å². The zero-order valence-corrected chi connectivity index (χ0v) is 11.8. The zero-order valence-electron chi connectivity index (χ0n) is 11.8. The molecular weight excluding hydrogens is 210 g/mol. The van der Waals surface area contributed by atoms with Gasteiger partial charge in [-0.25, -0.2) is 0 Å². The molecule has 0 amide bonds. The van der Waals surface area contributed by atoms with Crippen LogP contribution in [0.4, 0.5) is 0 Å². The maximum Gasteiger partial charge on any atom is 0.0814 e. The molecule has 0 bridgehead atoms. The van der Waals surface area contributed by atoms with Gasteiger partial charge in [0, 0.05) is 13.1 Å². The van der Waals surface area contributed by atoms with Crippen molar-refractivity contribution in [2.75, 3.05) is 13.1 Å². The van der Waals surface area contributed by atoms with E-state index >= 15 is 0 Å². The summed E-state index contributed by atoms with van der Waals surface area (Å²) in [5.74, 6) is 0.887. The Kier molecular flexibility index (Phi) is 4.14. The Morgan fingerprint density at radius 1 is 1.12 bits per heavy atom. The molecular formula is C15H29NO. The topological polar surface area (TPSA) is 21.3 Å². The molecule has 2 unspecified atom stereocenters. The Balaban J connectivity index is 2.08. The second-order valence-corrected chi connectivity index (χ2v) is 6.31. The zero-order chi connectivity index (χ0) is 12.4. The summed E-state index contributed by atoms with van der Waals surface area (Å²) in [7, 11) is 0. The predicted octanol–water partition coefficient (Wildman–Crippen LogP) is 3.50. The van der Waals surface area contributed by atoms with Gasteiger partial charge >= 0.3 is 0 Å². The molecule has 2 aliphatic rings. The van der Waals surface area contributed by atoms with Crippen LogP contribution in [-0.2, 0) is 4.74 Å². The monoisotopic (exact) mass is 239 g/mol. The molecule has 1 heterocycles. The molecule has 2 nitrogen and oxygen atoms in total. The van der Waals surface area contributed by atoms with Gasteiger partial charge in [-0.15, -0.1) is 0 Å². The van der Waals surface area contributed by atoms with E-state index in [0.29, 0.717) is 0 Å². The van der Waals surface area contributed by atoms with Gasteiger partial charge in [0.2, 0.25) is 0 Å². The summed E-state index contributed by atoms with van der Waals surface area (Å²) in [5.41, 5.74) is 0.251. The average molecular weight is 239 g/mol. The molecule has 2 rings (SSSR count). The number of hydrogen-bond acceptors (Lipinski definition) is 2. The first-order valence-corrected chi connectivity index (χ1v) is 7.54. The van der Waals surface area contributed by atoms with Crippen LogP contribution in [0.15, 0.2) is 0 Å². The lowest BCUT2D eigenvalue weighted by Crippen LogP contribution is -2.59. The van der Waals surface area contributed by atoms with E-state index in [-0.39, 0.29) is 11.2 Å². The van der Waals surface area contributed by atoms with Crippen LogP contribution in [0, 0.1) is 5.92 Å². The van der Waals surface area contributed by atoms with Gasteiger partial charge in [-0.1, -0.05) is 33.6 Å². The van der Waals surface area contributed by atoms with E-state index in [1.54, 1.807) is 0 Å². The highest BCUT2D eigenvalue weighted by atomic mass is 16.5. The quantitative estimate of drug-likeness (QED) is 0.796. The van der Waals surface area contributed by atoms with Crippen molar-refractivity contribution in [1.29, 1.82) is 0 Å². The number of hydrogen-bond donors (Lipinski definition) is 1. The van der Waals surface area contributed by atoms with Crippen LogP contribution < -0.4 is 5.32 Å².